The van der Waals surface area contributed by atoms with E-state index in [0.717, 1.165) is 5.69 Å². The van der Waals surface area contributed by atoms with Gasteiger partial charge in [-0.1, -0.05) is 0 Å². The van der Waals surface area contributed by atoms with E-state index < -0.39 is 0 Å². The van der Waals surface area contributed by atoms with Crippen molar-refractivity contribution in [1.82, 2.24) is 15.3 Å². The Morgan fingerprint density at radius 2 is 2.06 bits per heavy atom. The molecule has 0 spiro atoms. The topological polar surface area (TPSA) is 56.3 Å². The average Bonchev–Trinajstić information content (AvgIpc) is 2.31. The van der Waals surface area contributed by atoms with Gasteiger partial charge in [0.05, 0.1) is 5.69 Å². The minimum absolute atomic E-state index is 0.183. The average molecular weight is 225 g/mol. The van der Waals surface area contributed by atoms with E-state index in [1.165, 1.54) is 0 Å². The molecule has 0 aromatic carbocycles. The van der Waals surface area contributed by atoms with E-state index >= 15 is 0 Å². The fourth-order valence-electron chi connectivity index (χ4n) is 1.28. The van der Waals surface area contributed by atoms with E-state index in [1.807, 2.05) is 19.9 Å². The molecule has 1 rings (SSSR count). The fraction of sp³-hybridized carbons (Fsp3) is 0.636. The number of hydrogen-bond donors (Lipinski definition) is 1. The Morgan fingerprint density at radius 1 is 1.31 bits per heavy atom. The minimum Gasteiger partial charge on any atom is -0.352 e. The number of rotatable bonds is 8. The van der Waals surface area contributed by atoms with E-state index in [9.17, 15) is 0 Å². The second kappa shape index (κ2) is 8.15. The van der Waals surface area contributed by atoms with Crippen molar-refractivity contribution in [3.8, 4) is 0 Å². The van der Waals surface area contributed by atoms with E-state index in [4.69, 9.17) is 9.47 Å². The van der Waals surface area contributed by atoms with Gasteiger partial charge in [-0.25, -0.2) is 9.97 Å². The Morgan fingerprint density at radius 3 is 2.62 bits per heavy atom. The van der Waals surface area contributed by atoms with Crippen LogP contribution in [0, 0.1) is 0 Å². The second-order valence-corrected chi connectivity index (χ2v) is 3.17. The summed E-state index contributed by atoms with van der Waals surface area (Å²) in [6.07, 6.45) is 3.09. The van der Waals surface area contributed by atoms with E-state index in [0.29, 0.717) is 26.3 Å². The maximum Gasteiger partial charge on any atom is 0.169 e. The van der Waals surface area contributed by atoms with Gasteiger partial charge >= 0.3 is 0 Å². The molecular weight excluding hydrogens is 206 g/mol. The van der Waals surface area contributed by atoms with Gasteiger partial charge in [0.25, 0.3) is 0 Å². The highest BCUT2D eigenvalue weighted by Crippen LogP contribution is 1.95. The molecule has 0 saturated carbocycles. The van der Waals surface area contributed by atoms with Crippen LogP contribution in [0.1, 0.15) is 19.5 Å². The third-order valence-corrected chi connectivity index (χ3v) is 1.97. The van der Waals surface area contributed by atoms with Crippen molar-refractivity contribution in [2.45, 2.75) is 26.7 Å². The summed E-state index contributed by atoms with van der Waals surface area (Å²) in [5.74, 6) is 0. The Labute approximate surface area is 96.2 Å². The van der Waals surface area contributed by atoms with Crippen molar-refractivity contribution in [2.24, 2.45) is 0 Å². The van der Waals surface area contributed by atoms with Crippen LogP contribution >= 0.6 is 0 Å². The molecule has 5 heteroatoms. The Kier molecular flexibility index (Phi) is 6.64. The zero-order valence-electron chi connectivity index (χ0n) is 9.85. The first-order valence-corrected chi connectivity index (χ1v) is 5.55. The molecule has 0 radical (unpaired) electrons. The van der Waals surface area contributed by atoms with Gasteiger partial charge in [-0.3, -0.25) is 0 Å². The van der Waals surface area contributed by atoms with Crippen LogP contribution in [0.4, 0.5) is 0 Å². The van der Waals surface area contributed by atoms with Crippen LogP contribution in [0.15, 0.2) is 18.6 Å². The van der Waals surface area contributed by atoms with Gasteiger partial charge < -0.3 is 14.8 Å². The lowest BCUT2D eigenvalue weighted by Crippen LogP contribution is -2.31. The molecule has 0 saturated heterocycles. The molecule has 0 aliphatic carbocycles. The van der Waals surface area contributed by atoms with Gasteiger partial charge in [0.15, 0.2) is 6.29 Å². The first-order chi connectivity index (χ1) is 7.86. The molecule has 5 nitrogen and oxygen atoms in total. The van der Waals surface area contributed by atoms with Crippen LogP contribution in [0.25, 0.3) is 0 Å². The predicted octanol–water partition coefficient (Wildman–Crippen LogP) is 0.965. The third-order valence-electron chi connectivity index (χ3n) is 1.97. The summed E-state index contributed by atoms with van der Waals surface area (Å²) in [5, 5.41) is 3.23. The molecule has 1 aromatic rings. The van der Waals surface area contributed by atoms with Crippen molar-refractivity contribution in [3.05, 3.63) is 24.3 Å². The van der Waals surface area contributed by atoms with Gasteiger partial charge in [-0.15, -0.1) is 0 Å². The molecule has 0 aliphatic heterocycles. The molecule has 0 atom stereocenters. The van der Waals surface area contributed by atoms with E-state index in [2.05, 4.69) is 15.3 Å². The summed E-state index contributed by atoms with van der Waals surface area (Å²) in [4.78, 5) is 7.97. The lowest BCUT2D eigenvalue weighted by atomic mass is 10.4. The molecule has 0 bridgehead atoms. The zero-order chi connectivity index (χ0) is 11.6. The number of ether oxygens (including phenoxy) is 2. The largest absolute Gasteiger partial charge is 0.352 e. The third kappa shape index (κ3) is 5.16. The quantitative estimate of drug-likeness (QED) is 0.668. The summed E-state index contributed by atoms with van der Waals surface area (Å²) >= 11 is 0. The maximum absolute atomic E-state index is 5.40. The van der Waals surface area contributed by atoms with Crippen LogP contribution in [-0.2, 0) is 16.0 Å². The van der Waals surface area contributed by atoms with Crippen LogP contribution in [0.3, 0.4) is 0 Å². The normalized spacial score (nSPS) is 10.9. The molecule has 16 heavy (non-hydrogen) atoms. The van der Waals surface area contributed by atoms with Crippen LogP contribution in [0.5, 0.6) is 0 Å². The van der Waals surface area contributed by atoms with E-state index in [1.54, 1.807) is 12.5 Å². The fourth-order valence-corrected chi connectivity index (χ4v) is 1.28. The Bertz CT molecular complexity index is 263. The van der Waals surface area contributed by atoms with Gasteiger partial charge in [0.2, 0.25) is 0 Å². The standard InChI is InChI=1S/C11H19N3O2/c1-3-15-11(16-4-2)8-13-7-10-5-6-12-9-14-10/h5-6,9,11,13H,3-4,7-8H2,1-2H3. The molecular formula is C11H19N3O2. The lowest BCUT2D eigenvalue weighted by Gasteiger charge is -2.17. The highest BCUT2D eigenvalue weighted by molar-refractivity contribution is 4.96. The molecule has 0 amide bonds. The molecule has 1 heterocycles. The van der Waals surface area contributed by atoms with Crippen LogP contribution in [-0.4, -0.2) is 36.0 Å². The summed E-state index contributed by atoms with van der Waals surface area (Å²) in [7, 11) is 0. The Hall–Kier alpha value is -1.04. The van der Waals surface area contributed by atoms with Gasteiger partial charge in [0, 0.05) is 32.5 Å². The molecule has 0 unspecified atom stereocenters. The van der Waals surface area contributed by atoms with Crippen molar-refractivity contribution < 1.29 is 9.47 Å². The number of nitrogens with one attached hydrogen (secondary N) is 1. The van der Waals surface area contributed by atoms with Crippen molar-refractivity contribution >= 4 is 0 Å². The van der Waals surface area contributed by atoms with E-state index in [-0.39, 0.29) is 6.29 Å². The first-order valence-electron chi connectivity index (χ1n) is 5.55. The molecule has 0 aliphatic rings. The predicted molar refractivity (Wildman–Crippen MR) is 60.8 cm³/mol. The maximum atomic E-state index is 5.40. The molecule has 1 aromatic heterocycles. The lowest BCUT2D eigenvalue weighted by molar-refractivity contribution is -0.133. The number of aromatic nitrogens is 2. The minimum atomic E-state index is -0.183. The molecule has 1 N–H and O–H groups in total. The van der Waals surface area contributed by atoms with Crippen molar-refractivity contribution in [1.29, 1.82) is 0 Å². The summed E-state index contributed by atoms with van der Waals surface area (Å²) in [6.45, 7) is 6.57. The Balaban J connectivity index is 2.22. The number of hydrogen-bond acceptors (Lipinski definition) is 5. The summed E-state index contributed by atoms with van der Waals surface area (Å²) in [5.41, 5.74) is 0.960. The van der Waals surface area contributed by atoms with Crippen LogP contribution < -0.4 is 5.32 Å². The van der Waals surface area contributed by atoms with Gasteiger partial charge in [0.1, 0.15) is 6.33 Å². The summed E-state index contributed by atoms with van der Waals surface area (Å²) in [6, 6.07) is 1.88. The second-order valence-electron chi connectivity index (χ2n) is 3.17. The zero-order valence-corrected chi connectivity index (χ0v) is 9.85. The van der Waals surface area contributed by atoms with Crippen LogP contribution in [0.2, 0.25) is 0 Å². The van der Waals surface area contributed by atoms with Crippen molar-refractivity contribution in [3.63, 3.8) is 0 Å². The molecule has 90 valence electrons. The molecule has 0 fully saturated rings. The highest BCUT2D eigenvalue weighted by atomic mass is 16.7. The SMILES string of the molecule is CCOC(CNCc1ccncn1)OCC. The number of nitrogens with zero attached hydrogens (tertiary/aromatic N) is 2. The smallest absolute Gasteiger partial charge is 0.169 e. The van der Waals surface area contributed by atoms with Crippen molar-refractivity contribution in [2.75, 3.05) is 19.8 Å². The summed E-state index contributed by atoms with van der Waals surface area (Å²) < 4.78 is 10.8. The monoisotopic (exact) mass is 225 g/mol. The van der Waals surface area contributed by atoms with Gasteiger partial charge in [-0.2, -0.15) is 0 Å². The van der Waals surface area contributed by atoms with Gasteiger partial charge in [-0.05, 0) is 19.9 Å². The highest BCUT2D eigenvalue weighted by Gasteiger charge is 2.06. The first kappa shape index (κ1) is 13.0.